The number of fused-ring (bicyclic) bond motifs is 3. The molecule has 4 aliphatic rings. The Morgan fingerprint density at radius 2 is 1.60 bits per heavy atom. The van der Waals surface area contributed by atoms with Gasteiger partial charge >= 0.3 is 5.97 Å². The zero-order chi connectivity index (χ0) is 49.8. The van der Waals surface area contributed by atoms with Gasteiger partial charge in [0.15, 0.2) is 0 Å². The molecule has 378 valence electrons. The topological polar surface area (TPSA) is 167 Å². The molecule has 13 unspecified atom stereocenters. The van der Waals surface area contributed by atoms with Crippen molar-refractivity contribution in [2.24, 2.45) is 29.6 Å². The van der Waals surface area contributed by atoms with Crippen molar-refractivity contribution in [3.63, 3.8) is 0 Å². The van der Waals surface area contributed by atoms with Crippen molar-refractivity contribution in [3.05, 3.63) is 71.4 Å². The molecule has 13 heteroatoms. The Hall–Kier alpha value is -3.98. The van der Waals surface area contributed by atoms with E-state index in [4.69, 9.17) is 28.4 Å². The highest BCUT2D eigenvalue weighted by Gasteiger charge is 2.56. The number of methoxy groups -OCH3 is 4. The fourth-order valence-corrected chi connectivity index (χ4v) is 11.0. The van der Waals surface area contributed by atoms with Gasteiger partial charge in [0, 0.05) is 46.1 Å². The lowest BCUT2D eigenvalue weighted by Gasteiger charge is -2.47. The normalized spacial score (nSPS) is 35.7. The number of hydrogen-bond acceptors (Lipinski definition) is 12. The van der Waals surface area contributed by atoms with E-state index in [-0.39, 0.29) is 55.3 Å². The minimum Gasteiger partial charge on any atom is -0.497 e. The molecular weight excluding hydrogens is 867 g/mol. The van der Waals surface area contributed by atoms with E-state index < -0.39 is 71.5 Å². The molecule has 1 amide bonds. The molecule has 1 saturated carbocycles. The largest absolute Gasteiger partial charge is 0.497 e. The number of hydrogen-bond donors (Lipinski definition) is 2. The van der Waals surface area contributed by atoms with Crippen LogP contribution in [0.2, 0.25) is 0 Å². The molecule has 13 atom stereocenters. The molecule has 68 heavy (non-hydrogen) atoms. The number of cyclic esters (lactones) is 1. The number of ether oxygens (including phenoxy) is 6. The van der Waals surface area contributed by atoms with Gasteiger partial charge in [0.25, 0.3) is 11.7 Å². The Kier molecular flexibility index (Phi) is 20.4. The van der Waals surface area contributed by atoms with Crippen LogP contribution in [0, 0.1) is 29.6 Å². The van der Waals surface area contributed by atoms with Gasteiger partial charge in [0.2, 0.25) is 5.79 Å². The van der Waals surface area contributed by atoms with E-state index in [1.165, 1.54) is 4.90 Å². The number of esters is 1. The van der Waals surface area contributed by atoms with Crippen molar-refractivity contribution in [1.29, 1.82) is 0 Å². The van der Waals surface area contributed by atoms with Crippen LogP contribution in [-0.4, -0.2) is 121 Å². The summed E-state index contributed by atoms with van der Waals surface area (Å²) >= 11 is 0. The standard InChI is InChI=1S/C55H81NO12/c1-11-42-30-35(2)29-36(3)31-46(64-8)50-47(65-9)33-39(6)55(62,68-50)51(58)52(59)56-28-16-14-18-44(56)53(60)67-49(37(4)19-24-45(42)57)38(5)32-41-25-27-54(61,48(34-41)66-10)26-15-12-13-17-40-20-22-43(63-7)23-21-40/h12-13,15,17,20-23,30,32,36-37,39,41-42,44,46-50,61-62H,11,14,16,18-19,24-29,31,33-34H2,1-10H3. The maximum atomic E-state index is 14.5. The molecular formula is C55H81NO12. The SMILES string of the molecule is CCC1C=C(C)CC(C)CC(OC)C2OC(O)(C(=O)C(=O)N3CCCCC3C(=O)OC(C(C)=CC3CCC(O)(CC=CC=Cc4ccc(OC)cc4)C(OC)C3)C(C)CCC1=O)C(C)CC2OC. The summed E-state index contributed by atoms with van der Waals surface area (Å²) in [5, 5.41) is 24.0. The van der Waals surface area contributed by atoms with E-state index in [2.05, 4.69) is 19.1 Å². The predicted octanol–water partition coefficient (Wildman–Crippen LogP) is 8.54. The Bertz CT molecular complexity index is 1980. The molecule has 2 N–H and O–H groups in total. The number of nitrogens with zero attached hydrogens (tertiary/aromatic N) is 1. The van der Waals surface area contributed by atoms with Crippen LogP contribution < -0.4 is 4.74 Å². The molecule has 0 spiro atoms. The van der Waals surface area contributed by atoms with E-state index in [9.17, 15) is 29.4 Å². The Morgan fingerprint density at radius 3 is 2.26 bits per heavy atom. The number of carbonyl (C=O) groups excluding carboxylic acids is 4. The second-order valence-electron chi connectivity index (χ2n) is 20.3. The molecule has 0 radical (unpaired) electrons. The molecule has 0 aromatic heterocycles. The Balaban J connectivity index is 1.41. The molecule has 3 aliphatic heterocycles. The first-order chi connectivity index (χ1) is 32.4. The van der Waals surface area contributed by atoms with Crippen LogP contribution in [0.5, 0.6) is 5.75 Å². The van der Waals surface area contributed by atoms with Crippen LogP contribution in [0.15, 0.2) is 65.8 Å². The van der Waals surface area contributed by atoms with E-state index in [1.807, 2.05) is 76.3 Å². The lowest BCUT2D eigenvalue weighted by atomic mass is 9.74. The van der Waals surface area contributed by atoms with Gasteiger partial charge in [0.05, 0.1) is 31.0 Å². The number of Topliss-reactive ketones (excluding diaryl/α,β-unsaturated/α-hetero) is 2. The van der Waals surface area contributed by atoms with Crippen LogP contribution in [0.1, 0.15) is 131 Å². The Morgan fingerprint density at radius 1 is 0.897 bits per heavy atom. The Labute approximate surface area is 405 Å². The summed E-state index contributed by atoms with van der Waals surface area (Å²) in [6, 6.07) is 6.69. The van der Waals surface area contributed by atoms with E-state index in [0.717, 1.165) is 22.5 Å². The highest BCUT2D eigenvalue weighted by molar-refractivity contribution is 6.39. The number of carbonyl (C=O) groups is 4. The first-order valence-electron chi connectivity index (χ1n) is 25.0. The second-order valence-corrected chi connectivity index (χ2v) is 20.3. The number of allylic oxidation sites excluding steroid dienone is 5. The number of rotatable bonds is 11. The monoisotopic (exact) mass is 948 g/mol. The second kappa shape index (κ2) is 25.2. The summed E-state index contributed by atoms with van der Waals surface area (Å²) in [6.07, 6.45) is 15.2. The molecule has 2 saturated heterocycles. The average molecular weight is 948 g/mol. The lowest BCUT2D eigenvalue weighted by Crippen LogP contribution is -2.64. The predicted molar refractivity (Wildman–Crippen MR) is 261 cm³/mol. The van der Waals surface area contributed by atoms with Gasteiger partial charge in [-0.3, -0.25) is 14.4 Å². The van der Waals surface area contributed by atoms with E-state index in [0.29, 0.717) is 64.2 Å². The van der Waals surface area contributed by atoms with Crippen LogP contribution in [-0.2, 0) is 42.9 Å². The molecule has 1 aromatic carbocycles. The fourth-order valence-electron chi connectivity index (χ4n) is 11.0. The van der Waals surface area contributed by atoms with Gasteiger partial charge in [-0.15, -0.1) is 0 Å². The van der Waals surface area contributed by atoms with Crippen LogP contribution >= 0.6 is 0 Å². The first-order valence-corrected chi connectivity index (χ1v) is 25.0. The molecule has 3 fully saturated rings. The summed E-state index contributed by atoms with van der Waals surface area (Å²) < 4.78 is 35.8. The van der Waals surface area contributed by atoms with Crippen LogP contribution in [0.4, 0.5) is 0 Å². The summed E-state index contributed by atoms with van der Waals surface area (Å²) in [5.41, 5.74) is 1.83. The minimum atomic E-state index is -2.49. The molecule has 3 heterocycles. The maximum Gasteiger partial charge on any atom is 0.329 e. The number of piperidine rings is 1. The van der Waals surface area contributed by atoms with Gasteiger partial charge in [-0.25, -0.2) is 4.79 Å². The van der Waals surface area contributed by atoms with Gasteiger partial charge in [-0.2, -0.15) is 0 Å². The van der Waals surface area contributed by atoms with Crippen molar-refractivity contribution < 1.29 is 57.8 Å². The third-order valence-corrected chi connectivity index (χ3v) is 15.1. The van der Waals surface area contributed by atoms with E-state index >= 15 is 0 Å². The summed E-state index contributed by atoms with van der Waals surface area (Å²) in [7, 11) is 6.36. The minimum absolute atomic E-state index is 0.000309. The number of ketones is 2. The molecule has 1 aromatic rings. The highest BCUT2D eigenvalue weighted by Crippen LogP contribution is 2.41. The molecule has 2 bridgehead atoms. The van der Waals surface area contributed by atoms with Crippen molar-refractivity contribution in [2.75, 3.05) is 35.0 Å². The average Bonchev–Trinajstić information content (AvgIpc) is 3.33. The smallest absolute Gasteiger partial charge is 0.329 e. The fraction of sp³-hybridized carbons (Fsp3) is 0.673. The lowest BCUT2D eigenvalue weighted by molar-refractivity contribution is -0.302. The third-order valence-electron chi connectivity index (χ3n) is 15.1. The zero-order valence-electron chi connectivity index (χ0n) is 42.4. The third kappa shape index (κ3) is 13.7. The number of benzene rings is 1. The summed E-state index contributed by atoms with van der Waals surface area (Å²) in [4.78, 5) is 58.5. The van der Waals surface area contributed by atoms with Gasteiger partial charge in [0.1, 0.15) is 29.8 Å². The molecule has 5 rings (SSSR count). The van der Waals surface area contributed by atoms with E-state index in [1.54, 1.807) is 35.4 Å². The molecule has 1 aliphatic carbocycles. The summed E-state index contributed by atoms with van der Waals surface area (Å²) in [6.45, 7) is 11.8. The highest BCUT2D eigenvalue weighted by atomic mass is 16.7. The quantitative estimate of drug-likeness (QED) is 0.0941. The van der Waals surface area contributed by atoms with Crippen molar-refractivity contribution in [3.8, 4) is 5.75 Å². The summed E-state index contributed by atoms with van der Waals surface area (Å²) in [5.74, 6) is -5.65. The van der Waals surface area contributed by atoms with Crippen LogP contribution in [0.3, 0.4) is 0 Å². The molecule has 13 nitrogen and oxygen atoms in total. The van der Waals surface area contributed by atoms with Crippen molar-refractivity contribution >= 4 is 29.5 Å². The number of amides is 1. The van der Waals surface area contributed by atoms with Crippen LogP contribution in [0.25, 0.3) is 6.08 Å². The zero-order valence-corrected chi connectivity index (χ0v) is 42.4. The number of aliphatic hydroxyl groups is 2. The van der Waals surface area contributed by atoms with Crippen molar-refractivity contribution in [2.45, 2.75) is 173 Å². The van der Waals surface area contributed by atoms with Gasteiger partial charge in [-0.05, 0) is 132 Å². The maximum absolute atomic E-state index is 14.5. The first kappa shape index (κ1) is 55.0. The van der Waals surface area contributed by atoms with Gasteiger partial charge in [-0.1, -0.05) is 81.9 Å². The van der Waals surface area contributed by atoms with Crippen molar-refractivity contribution in [1.82, 2.24) is 4.90 Å². The van der Waals surface area contributed by atoms with Gasteiger partial charge < -0.3 is 43.5 Å².